The first kappa shape index (κ1) is 15.2. The van der Waals surface area contributed by atoms with E-state index in [2.05, 4.69) is 5.32 Å². The molecule has 0 spiro atoms. The van der Waals surface area contributed by atoms with E-state index in [1.807, 2.05) is 24.3 Å². The first-order valence-electron chi connectivity index (χ1n) is 6.25. The molecule has 1 unspecified atom stereocenters. The molecule has 0 bridgehead atoms. The zero-order chi connectivity index (χ0) is 14.4. The van der Waals surface area contributed by atoms with Gasteiger partial charge in [-0.25, -0.2) is 0 Å². The van der Waals surface area contributed by atoms with Crippen LogP contribution in [0.5, 0.6) is 0 Å². The topological polar surface area (TPSA) is 75.4 Å². The van der Waals surface area contributed by atoms with Crippen LogP contribution in [0.15, 0.2) is 24.3 Å². The molecule has 2 amide bonds. The lowest BCUT2D eigenvalue weighted by Crippen LogP contribution is -2.26. The van der Waals surface area contributed by atoms with Gasteiger partial charge in [0.2, 0.25) is 11.8 Å². The van der Waals surface area contributed by atoms with E-state index < -0.39 is 0 Å². The molecule has 0 radical (unpaired) electrons. The van der Waals surface area contributed by atoms with Crippen LogP contribution < -0.4 is 11.1 Å². The van der Waals surface area contributed by atoms with E-state index in [9.17, 15) is 9.59 Å². The third kappa shape index (κ3) is 5.09. The average molecular weight is 263 g/mol. The normalized spacial score (nSPS) is 11.8. The lowest BCUT2D eigenvalue weighted by atomic mass is 10.1. The van der Waals surface area contributed by atoms with Crippen molar-refractivity contribution in [3.63, 3.8) is 0 Å². The second kappa shape index (κ2) is 6.89. The minimum absolute atomic E-state index is 0.0169. The predicted octanol–water partition coefficient (Wildman–Crippen LogP) is 1.34. The molecule has 19 heavy (non-hydrogen) atoms. The van der Waals surface area contributed by atoms with Gasteiger partial charge in [-0.2, -0.15) is 0 Å². The number of benzene rings is 1. The van der Waals surface area contributed by atoms with Crippen molar-refractivity contribution in [3.8, 4) is 0 Å². The van der Waals surface area contributed by atoms with E-state index in [1.165, 1.54) is 6.92 Å². The molecule has 104 valence electrons. The van der Waals surface area contributed by atoms with Gasteiger partial charge in [0.05, 0.1) is 0 Å². The Morgan fingerprint density at radius 2 is 2.00 bits per heavy atom. The van der Waals surface area contributed by atoms with Crippen LogP contribution in [-0.4, -0.2) is 29.8 Å². The smallest absolute Gasteiger partial charge is 0.225 e. The zero-order valence-corrected chi connectivity index (χ0v) is 11.6. The van der Waals surface area contributed by atoms with Gasteiger partial charge < -0.3 is 16.0 Å². The minimum Gasteiger partial charge on any atom is -0.342 e. The highest BCUT2D eigenvalue weighted by atomic mass is 16.2. The number of amides is 2. The summed E-state index contributed by atoms with van der Waals surface area (Å²) in [7, 11) is 1.73. The molecule has 0 saturated carbocycles. The molecule has 1 aromatic rings. The summed E-state index contributed by atoms with van der Waals surface area (Å²) in [6.45, 7) is 3.76. The fourth-order valence-corrected chi connectivity index (χ4v) is 1.64. The maximum atomic E-state index is 11.7. The van der Waals surface area contributed by atoms with Crippen molar-refractivity contribution >= 4 is 17.5 Å². The van der Waals surface area contributed by atoms with Gasteiger partial charge in [-0.15, -0.1) is 0 Å². The van der Waals surface area contributed by atoms with Crippen molar-refractivity contribution in [1.82, 2.24) is 4.90 Å². The highest BCUT2D eigenvalue weighted by Gasteiger charge is 2.10. The van der Waals surface area contributed by atoms with Gasteiger partial charge in [0, 0.05) is 38.7 Å². The molecule has 0 aliphatic heterocycles. The molecule has 0 fully saturated rings. The molecule has 5 nitrogen and oxygen atoms in total. The fraction of sp³-hybridized carbons (Fsp3) is 0.429. The standard InChI is InChI=1S/C14H21N3O2/c1-10(15)8-14(19)16-13-7-5-4-6-12(13)9-17(3)11(2)18/h4-7,10H,8-9,15H2,1-3H3,(H,16,19). The van der Waals surface area contributed by atoms with Crippen molar-refractivity contribution in [1.29, 1.82) is 0 Å². The molecule has 0 aromatic heterocycles. The minimum atomic E-state index is -0.174. The van der Waals surface area contributed by atoms with E-state index in [1.54, 1.807) is 18.9 Å². The maximum absolute atomic E-state index is 11.7. The molecular formula is C14H21N3O2. The molecule has 5 heteroatoms. The summed E-state index contributed by atoms with van der Waals surface area (Å²) in [5, 5.41) is 2.83. The lowest BCUT2D eigenvalue weighted by molar-refractivity contribution is -0.128. The Morgan fingerprint density at radius 3 is 2.58 bits per heavy atom. The second-order valence-corrected chi connectivity index (χ2v) is 4.76. The summed E-state index contributed by atoms with van der Waals surface area (Å²) in [6, 6.07) is 7.26. The third-order valence-corrected chi connectivity index (χ3v) is 2.74. The molecule has 0 heterocycles. The quantitative estimate of drug-likeness (QED) is 0.841. The summed E-state index contributed by atoms with van der Waals surface area (Å²) in [4.78, 5) is 24.6. The maximum Gasteiger partial charge on any atom is 0.225 e. The molecule has 0 saturated heterocycles. The van der Waals surface area contributed by atoms with Gasteiger partial charge in [0.1, 0.15) is 0 Å². The summed E-state index contributed by atoms with van der Waals surface area (Å²) in [5.74, 6) is -0.135. The number of para-hydroxylation sites is 1. The van der Waals surface area contributed by atoms with Crippen molar-refractivity contribution < 1.29 is 9.59 Å². The lowest BCUT2D eigenvalue weighted by Gasteiger charge is -2.18. The van der Waals surface area contributed by atoms with Crippen LogP contribution in [0.25, 0.3) is 0 Å². The Balaban J connectivity index is 2.78. The number of anilines is 1. The number of carbonyl (C=O) groups excluding carboxylic acids is 2. The van der Waals surface area contributed by atoms with Crippen LogP contribution in [0.4, 0.5) is 5.69 Å². The molecule has 1 aromatic carbocycles. The summed E-state index contributed by atoms with van der Waals surface area (Å²) in [5.41, 5.74) is 7.22. The molecule has 0 aliphatic carbocycles. The molecule has 3 N–H and O–H groups in total. The van der Waals surface area contributed by atoms with Gasteiger partial charge in [-0.05, 0) is 18.6 Å². The van der Waals surface area contributed by atoms with Crippen LogP contribution >= 0.6 is 0 Å². The number of hydrogen-bond donors (Lipinski definition) is 2. The third-order valence-electron chi connectivity index (χ3n) is 2.74. The van der Waals surface area contributed by atoms with Crippen molar-refractivity contribution in [2.24, 2.45) is 5.73 Å². The number of nitrogens with one attached hydrogen (secondary N) is 1. The highest BCUT2D eigenvalue weighted by molar-refractivity contribution is 5.91. The molecule has 1 atom stereocenters. The number of rotatable bonds is 5. The van der Waals surface area contributed by atoms with Gasteiger partial charge >= 0.3 is 0 Å². The number of nitrogens with zero attached hydrogens (tertiary/aromatic N) is 1. The molecular weight excluding hydrogens is 242 g/mol. The fourth-order valence-electron chi connectivity index (χ4n) is 1.64. The van der Waals surface area contributed by atoms with Crippen LogP contribution in [0.3, 0.4) is 0 Å². The summed E-state index contributed by atoms with van der Waals surface area (Å²) < 4.78 is 0. The number of nitrogens with two attached hydrogens (primary N) is 1. The predicted molar refractivity (Wildman–Crippen MR) is 75.5 cm³/mol. The Morgan fingerprint density at radius 1 is 1.37 bits per heavy atom. The Hall–Kier alpha value is -1.88. The van der Waals surface area contributed by atoms with Gasteiger partial charge in [0.15, 0.2) is 0 Å². The van der Waals surface area contributed by atoms with Crippen LogP contribution in [0.2, 0.25) is 0 Å². The average Bonchev–Trinajstić information content (AvgIpc) is 2.30. The number of carbonyl (C=O) groups is 2. The summed E-state index contributed by atoms with van der Waals surface area (Å²) in [6.07, 6.45) is 0.275. The highest BCUT2D eigenvalue weighted by Crippen LogP contribution is 2.17. The SMILES string of the molecule is CC(=O)N(C)Cc1ccccc1NC(=O)CC(C)N. The molecule has 1 rings (SSSR count). The van der Waals surface area contributed by atoms with Gasteiger partial charge in [-0.1, -0.05) is 18.2 Å². The van der Waals surface area contributed by atoms with Crippen molar-refractivity contribution in [2.75, 3.05) is 12.4 Å². The molecule has 0 aliphatic rings. The van der Waals surface area contributed by atoms with Crippen LogP contribution in [0.1, 0.15) is 25.8 Å². The number of hydrogen-bond acceptors (Lipinski definition) is 3. The Bertz CT molecular complexity index is 458. The first-order valence-corrected chi connectivity index (χ1v) is 6.25. The monoisotopic (exact) mass is 263 g/mol. The van der Waals surface area contributed by atoms with E-state index >= 15 is 0 Å². The second-order valence-electron chi connectivity index (χ2n) is 4.76. The van der Waals surface area contributed by atoms with E-state index in [0.29, 0.717) is 6.54 Å². The van der Waals surface area contributed by atoms with E-state index in [-0.39, 0.29) is 24.3 Å². The van der Waals surface area contributed by atoms with E-state index in [4.69, 9.17) is 5.73 Å². The Labute approximate surface area is 113 Å². The van der Waals surface area contributed by atoms with Crippen LogP contribution in [-0.2, 0) is 16.1 Å². The first-order chi connectivity index (χ1) is 8.90. The van der Waals surface area contributed by atoms with Crippen molar-refractivity contribution in [3.05, 3.63) is 29.8 Å². The Kier molecular flexibility index (Phi) is 5.51. The zero-order valence-electron chi connectivity index (χ0n) is 11.6. The van der Waals surface area contributed by atoms with Crippen LogP contribution in [0, 0.1) is 0 Å². The summed E-state index contributed by atoms with van der Waals surface area (Å²) >= 11 is 0. The van der Waals surface area contributed by atoms with Gasteiger partial charge in [0.25, 0.3) is 0 Å². The largest absolute Gasteiger partial charge is 0.342 e. The van der Waals surface area contributed by atoms with Gasteiger partial charge in [-0.3, -0.25) is 9.59 Å². The van der Waals surface area contributed by atoms with Crippen molar-refractivity contribution in [2.45, 2.75) is 32.9 Å². The van der Waals surface area contributed by atoms with E-state index in [0.717, 1.165) is 11.3 Å².